The SMILES string of the molecule is Cn1c(-c2ccccc2)nc2c1CCc1ccccc1-2. The van der Waals surface area contributed by atoms with Gasteiger partial charge in [-0.25, -0.2) is 4.98 Å². The first-order valence-electron chi connectivity index (χ1n) is 7.04. The van der Waals surface area contributed by atoms with Crippen molar-refractivity contribution >= 4 is 0 Å². The molecule has 0 atom stereocenters. The van der Waals surface area contributed by atoms with Gasteiger partial charge in [0.2, 0.25) is 0 Å². The summed E-state index contributed by atoms with van der Waals surface area (Å²) in [4.78, 5) is 4.92. The van der Waals surface area contributed by atoms with Crippen LogP contribution in [0.5, 0.6) is 0 Å². The lowest BCUT2D eigenvalue weighted by Gasteiger charge is -2.16. The minimum atomic E-state index is 1.06. The Bertz CT molecular complexity index is 769. The fraction of sp³-hybridized carbons (Fsp3) is 0.167. The lowest BCUT2D eigenvalue weighted by molar-refractivity contribution is 0.798. The molecule has 4 rings (SSSR count). The van der Waals surface area contributed by atoms with Crippen molar-refractivity contribution in [3.8, 4) is 22.6 Å². The maximum atomic E-state index is 4.92. The molecule has 1 heterocycles. The van der Waals surface area contributed by atoms with Crippen molar-refractivity contribution in [3.05, 3.63) is 65.9 Å². The molecular formula is C18H16N2. The zero-order valence-corrected chi connectivity index (χ0v) is 11.5. The summed E-state index contributed by atoms with van der Waals surface area (Å²) < 4.78 is 2.25. The molecule has 0 spiro atoms. The third-order valence-corrected chi connectivity index (χ3v) is 4.15. The number of nitrogens with zero attached hydrogens (tertiary/aromatic N) is 2. The Morgan fingerprint density at radius 1 is 0.900 bits per heavy atom. The summed E-state index contributed by atoms with van der Waals surface area (Å²) in [6, 6.07) is 19.1. The zero-order valence-electron chi connectivity index (χ0n) is 11.5. The number of aryl methyl sites for hydroxylation is 1. The molecule has 1 aliphatic carbocycles. The van der Waals surface area contributed by atoms with E-state index in [2.05, 4.69) is 60.1 Å². The molecule has 1 aromatic heterocycles. The van der Waals surface area contributed by atoms with E-state index in [1.165, 1.54) is 22.4 Å². The Hall–Kier alpha value is -2.35. The van der Waals surface area contributed by atoms with E-state index in [9.17, 15) is 0 Å². The van der Waals surface area contributed by atoms with Crippen LogP contribution in [0.15, 0.2) is 54.6 Å². The van der Waals surface area contributed by atoms with Crippen molar-refractivity contribution in [3.63, 3.8) is 0 Å². The first-order chi connectivity index (χ1) is 9.84. The van der Waals surface area contributed by atoms with E-state index in [1.54, 1.807) is 0 Å². The number of hydrogen-bond donors (Lipinski definition) is 0. The highest BCUT2D eigenvalue weighted by Gasteiger charge is 2.22. The Balaban J connectivity index is 1.94. The van der Waals surface area contributed by atoms with Crippen LogP contribution in [0.4, 0.5) is 0 Å². The summed E-state index contributed by atoms with van der Waals surface area (Å²) in [6.07, 6.45) is 2.18. The second-order valence-corrected chi connectivity index (χ2v) is 5.31. The topological polar surface area (TPSA) is 17.8 Å². The molecule has 1 aliphatic rings. The number of rotatable bonds is 1. The van der Waals surface area contributed by atoms with Gasteiger partial charge in [0.15, 0.2) is 0 Å². The van der Waals surface area contributed by atoms with Gasteiger partial charge in [0.1, 0.15) is 5.82 Å². The van der Waals surface area contributed by atoms with Crippen LogP contribution in [-0.4, -0.2) is 9.55 Å². The molecule has 0 aliphatic heterocycles. The molecule has 0 amide bonds. The fourth-order valence-electron chi connectivity index (χ4n) is 3.10. The van der Waals surface area contributed by atoms with Crippen LogP contribution >= 0.6 is 0 Å². The first kappa shape index (κ1) is 11.5. The molecule has 0 fully saturated rings. The van der Waals surface area contributed by atoms with E-state index in [1.807, 2.05) is 6.07 Å². The number of benzene rings is 2. The van der Waals surface area contributed by atoms with Gasteiger partial charge in [-0.05, 0) is 18.4 Å². The highest BCUT2D eigenvalue weighted by atomic mass is 15.1. The minimum absolute atomic E-state index is 1.06. The van der Waals surface area contributed by atoms with Gasteiger partial charge in [-0.15, -0.1) is 0 Å². The summed E-state index contributed by atoms with van der Waals surface area (Å²) in [5.74, 6) is 1.06. The quantitative estimate of drug-likeness (QED) is 0.649. The van der Waals surface area contributed by atoms with Gasteiger partial charge in [0.25, 0.3) is 0 Å². The summed E-state index contributed by atoms with van der Waals surface area (Å²) in [5.41, 5.74) is 6.40. The van der Waals surface area contributed by atoms with E-state index in [0.717, 1.165) is 24.4 Å². The third-order valence-electron chi connectivity index (χ3n) is 4.15. The molecule has 0 radical (unpaired) electrons. The van der Waals surface area contributed by atoms with Crippen LogP contribution in [0.2, 0.25) is 0 Å². The molecule has 3 aromatic rings. The average Bonchev–Trinajstić information content (AvgIpc) is 2.86. The second-order valence-electron chi connectivity index (χ2n) is 5.31. The third kappa shape index (κ3) is 1.61. The molecule has 0 bridgehead atoms. The van der Waals surface area contributed by atoms with Gasteiger partial charge in [0, 0.05) is 23.9 Å². The first-order valence-corrected chi connectivity index (χ1v) is 7.04. The van der Waals surface area contributed by atoms with Crippen LogP contribution in [0.1, 0.15) is 11.3 Å². The Kier molecular flexibility index (Phi) is 2.49. The molecule has 2 nitrogen and oxygen atoms in total. The molecule has 0 saturated heterocycles. The normalized spacial score (nSPS) is 12.8. The van der Waals surface area contributed by atoms with Gasteiger partial charge in [-0.3, -0.25) is 0 Å². The van der Waals surface area contributed by atoms with Crippen LogP contribution in [0, 0.1) is 0 Å². The Morgan fingerprint density at radius 2 is 1.65 bits per heavy atom. The standard InChI is InChI=1S/C18H16N2/c1-20-16-12-11-13-7-5-6-10-15(13)17(16)19-18(20)14-8-3-2-4-9-14/h2-10H,11-12H2,1H3. The summed E-state index contributed by atoms with van der Waals surface area (Å²) >= 11 is 0. The number of hydrogen-bond acceptors (Lipinski definition) is 1. The zero-order chi connectivity index (χ0) is 13.5. The second kappa shape index (κ2) is 4.34. The molecule has 98 valence electrons. The van der Waals surface area contributed by atoms with Gasteiger partial charge in [-0.2, -0.15) is 0 Å². The predicted molar refractivity (Wildman–Crippen MR) is 81.5 cm³/mol. The minimum Gasteiger partial charge on any atom is -0.331 e. The molecule has 0 saturated carbocycles. The number of imidazole rings is 1. The van der Waals surface area contributed by atoms with E-state index < -0.39 is 0 Å². The van der Waals surface area contributed by atoms with Crippen molar-refractivity contribution < 1.29 is 0 Å². The Morgan fingerprint density at radius 3 is 2.50 bits per heavy atom. The van der Waals surface area contributed by atoms with Crippen LogP contribution in [0.25, 0.3) is 22.6 Å². The smallest absolute Gasteiger partial charge is 0.140 e. The lowest BCUT2D eigenvalue weighted by atomic mass is 9.92. The maximum absolute atomic E-state index is 4.92. The monoisotopic (exact) mass is 260 g/mol. The van der Waals surface area contributed by atoms with Crippen molar-refractivity contribution in [2.45, 2.75) is 12.8 Å². The Labute approximate surface area is 118 Å². The summed E-state index contributed by atoms with van der Waals surface area (Å²) in [6.45, 7) is 0. The lowest BCUT2D eigenvalue weighted by Crippen LogP contribution is -2.07. The molecular weight excluding hydrogens is 244 g/mol. The molecule has 0 unspecified atom stereocenters. The van der Waals surface area contributed by atoms with Gasteiger partial charge < -0.3 is 4.57 Å². The summed E-state index contributed by atoms with van der Waals surface area (Å²) in [7, 11) is 2.13. The van der Waals surface area contributed by atoms with E-state index >= 15 is 0 Å². The van der Waals surface area contributed by atoms with Gasteiger partial charge in [0.05, 0.1) is 5.69 Å². The van der Waals surface area contributed by atoms with E-state index in [0.29, 0.717) is 0 Å². The van der Waals surface area contributed by atoms with E-state index in [4.69, 9.17) is 4.98 Å². The van der Waals surface area contributed by atoms with Crippen molar-refractivity contribution in [2.24, 2.45) is 7.05 Å². The highest BCUT2D eigenvalue weighted by Crippen LogP contribution is 2.35. The molecule has 20 heavy (non-hydrogen) atoms. The molecule has 0 N–H and O–H groups in total. The molecule has 2 aromatic carbocycles. The maximum Gasteiger partial charge on any atom is 0.140 e. The average molecular weight is 260 g/mol. The van der Waals surface area contributed by atoms with Crippen LogP contribution in [0.3, 0.4) is 0 Å². The molecule has 2 heteroatoms. The highest BCUT2D eigenvalue weighted by molar-refractivity contribution is 5.72. The van der Waals surface area contributed by atoms with Crippen LogP contribution in [-0.2, 0) is 19.9 Å². The predicted octanol–water partition coefficient (Wildman–Crippen LogP) is 3.85. The van der Waals surface area contributed by atoms with Crippen molar-refractivity contribution in [2.75, 3.05) is 0 Å². The van der Waals surface area contributed by atoms with Gasteiger partial charge in [-0.1, -0.05) is 54.6 Å². The van der Waals surface area contributed by atoms with Crippen LogP contribution < -0.4 is 0 Å². The summed E-state index contributed by atoms with van der Waals surface area (Å²) in [5, 5.41) is 0. The number of aromatic nitrogens is 2. The van der Waals surface area contributed by atoms with E-state index in [-0.39, 0.29) is 0 Å². The van der Waals surface area contributed by atoms with Gasteiger partial charge >= 0.3 is 0 Å². The van der Waals surface area contributed by atoms with Crippen molar-refractivity contribution in [1.29, 1.82) is 0 Å². The number of fused-ring (bicyclic) bond motifs is 3. The van der Waals surface area contributed by atoms with Crippen molar-refractivity contribution in [1.82, 2.24) is 9.55 Å². The fourth-order valence-corrected chi connectivity index (χ4v) is 3.10. The largest absolute Gasteiger partial charge is 0.331 e.